The van der Waals surface area contributed by atoms with Gasteiger partial charge in [0.05, 0.1) is 0 Å². The predicted molar refractivity (Wildman–Crippen MR) is 61.0 cm³/mol. The Bertz CT molecular complexity index is 311. The number of rotatable bonds is 1. The van der Waals surface area contributed by atoms with E-state index in [0.717, 1.165) is 0 Å². The van der Waals surface area contributed by atoms with Crippen LogP contribution >= 0.6 is 23.2 Å². The van der Waals surface area contributed by atoms with E-state index in [1.807, 2.05) is 0 Å². The average Bonchev–Trinajstić information content (AvgIpc) is 2.66. The summed E-state index contributed by atoms with van der Waals surface area (Å²) in [6.45, 7) is 0. The van der Waals surface area contributed by atoms with Gasteiger partial charge in [-0.15, -0.1) is 52.9 Å². The fourth-order valence-corrected chi connectivity index (χ4v) is 1.07. The molecule has 2 aromatic carbocycles. The molecule has 0 radical (unpaired) electrons. The van der Waals surface area contributed by atoms with Gasteiger partial charge in [-0.25, -0.2) is 0 Å². The van der Waals surface area contributed by atoms with Crippen molar-refractivity contribution in [1.82, 2.24) is 0 Å². The van der Waals surface area contributed by atoms with E-state index in [-0.39, 0.29) is 26.2 Å². The van der Waals surface area contributed by atoms with Crippen molar-refractivity contribution in [2.75, 3.05) is 11.8 Å². The molecule has 0 aromatic heterocycles. The van der Waals surface area contributed by atoms with Crippen molar-refractivity contribution in [1.29, 1.82) is 0 Å². The van der Waals surface area contributed by atoms with Gasteiger partial charge in [0.1, 0.15) is 0 Å². The minimum Gasteiger partial charge on any atom is -0.168 e. The van der Waals surface area contributed by atoms with Gasteiger partial charge in [-0.2, -0.15) is 17.5 Å². The van der Waals surface area contributed by atoms with Crippen LogP contribution in [0.15, 0.2) is 42.5 Å². The Labute approximate surface area is 114 Å². The molecule has 0 aliphatic carbocycles. The Morgan fingerprint density at radius 2 is 1.64 bits per heavy atom. The maximum Gasteiger partial charge on any atom is 0.0359 e. The van der Waals surface area contributed by atoms with Crippen LogP contribution in [-0.2, 0) is 26.2 Å². The average molecular weight is 305 g/mol. The zero-order chi connectivity index (χ0) is 9.52. The molecular formula is C11H11Cl2Zr-. The van der Waals surface area contributed by atoms with Crippen molar-refractivity contribution in [2.24, 2.45) is 0 Å². The van der Waals surface area contributed by atoms with Gasteiger partial charge in [-0.1, -0.05) is 6.07 Å². The van der Waals surface area contributed by atoms with Crippen molar-refractivity contribution in [3.8, 4) is 0 Å². The second-order valence-corrected chi connectivity index (χ2v) is 3.29. The van der Waals surface area contributed by atoms with Crippen LogP contribution in [0, 0.1) is 0 Å². The molecular weight excluding hydrogens is 294 g/mol. The van der Waals surface area contributed by atoms with Gasteiger partial charge in [-0.05, 0) is 0 Å². The molecule has 2 aromatic rings. The topological polar surface area (TPSA) is 0 Å². The summed E-state index contributed by atoms with van der Waals surface area (Å²) in [4.78, 5) is 0. The van der Waals surface area contributed by atoms with Gasteiger partial charge < -0.3 is 0 Å². The van der Waals surface area contributed by atoms with Crippen LogP contribution in [0.5, 0.6) is 0 Å². The van der Waals surface area contributed by atoms with Crippen LogP contribution in [0.3, 0.4) is 0 Å². The normalized spacial score (nSPS) is 8.71. The summed E-state index contributed by atoms with van der Waals surface area (Å²) in [6.07, 6.45) is 0. The molecule has 0 bridgehead atoms. The smallest absolute Gasteiger partial charge is 0.0359 e. The first-order valence-corrected chi connectivity index (χ1v) is 5.17. The third kappa shape index (κ3) is 4.69. The van der Waals surface area contributed by atoms with Crippen LogP contribution < -0.4 is 0 Å². The van der Waals surface area contributed by atoms with Crippen molar-refractivity contribution < 1.29 is 26.2 Å². The molecule has 0 amide bonds. The van der Waals surface area contributed by atoms with Gasteiger partial charge in [-0.3, -0.25) is 0 Å². The Morgan fingerprint density at radius 3 is 2.21 bits per heavy atom. The van der Waals surface area contributed by atoms with E-state index < -0.39 is 0 Å². The first-order chi connectivity index (χ1) is 6.38. The molecule has 0 N–H and O–H groups in total. The molecule has 0 atom stereocenters. The van der Waals surface area contributed by atoms with E-state index in [9.17, 15) is 0 Å². The first-order valence-electron chi connectivity index (χ1n) is 4.11. The summed E-state index contributed by atoms with van der Waals surface area (Å²) in [5, 5.41) is 2.66. The molecule has 3 heteroatoms. The fraction of sp³-hybridized carbons (Fsp3) is 0.182. The van der Waals surface area contributed by atoms with E-state index in [2.05, 4.69) is 42.5 Å². The van der Waals surface area contributed by atoms with Gasteiger partial charge in [0.15, 0.2) is 0 Å². The largest absolute Gasteiger partial charge is 0.168 e. The maximum absolute atomic E-state index is 5.05. The van der Waals surface area contributed by atoms with Crippen molar-refractivity contribution in [3.05, 3.63) is 42.5 Å². The summed E-state index contributed by atoms with van der Waals surface area (Å²) in [5.41, 5.74) is 0. The van der Waals surface area contributed by atoms with E-state index in [4.69, 9.17) is 23.2 Å². The molecule has 2 rings (SSSR count). The van der Waals surface area contributed by atoms with Gasteiger partial charge in [0.2, 0.25) is 0 Å². The summed E-state index contributed by atoms with van der Waals surface area (Å²) < 4.78 is 0. The molecule has 0 spiro atoms. The molecule has 0 unspecified atom stereocenters. The predicted octanol–water partition coefficient (Wildman–Crippen LogP) is 4.02. The van der Waals surface area contributed by atoms with Crippen LogP contribution in [0.2, 0.25) is 0 Å². The number of hydrogen-bond acceptors (Lipinski definition) is 0. The number of hydrogen-bond donors (Lipinski definition) is 0. The molecule has 0 saturated carbocycles. The summed E-state index contributed by atoms with van der Waals surface area (Å²) in [7, 11) is 0. The SMILES string of the molecule is ClCCCl.[Zr].c1ccc2[cH-]ccc2c1. The second-order valence-electron chi connectivity index (χ2n) is 2.53. The van der Waals surface area contributed by atoms with Crippen molar-refractivity contribution >= 4 is 34.0 Å². The minimum absolute atomic E-state index is 0. The quantitative estimate of drug-likeness (QED) is 0.551. The fourth-order valence-electron chi connectivity index (χ4n) is 1.07. The van der Waals surface area contributed by atoms with Crippen LogP contribution in [-0.4, -0.2) is 11.8 Å². The van der Waals surface area contributed by atoms with Crippen molar-refractivity contribution in [2.45, 2.75) is 0 Å². The number of alkyl halides is 2. The van der Waals surface area contributed by atoms with E-state index >= 15 is 0 Å². The number of benzene rings is 1. The van der Waals surface area contributed by atoms with Gasteiger partial charge in [0, 0.05) is 38.0 Å². The number of halogens is 2. The summed E-state index contributed by atoms with van der Waals surface area (Å²) >= 11 is 10.1. The van der Waals surface area contributed by atoms with Gasteiger partial charge >= 0.3 is 0 Å². The Morgan fingerprint density at radius 1 is 1.00 bits per heavy atom. The number of fused-ring (bicyclic) bond motifs is 1. The van der Waals surface area contributed by atoms with Crippen LogP contribution in [0.4, 0.5) is 0 Å². The summed E-state index contributed by atoms with van der Waals surface area (Å²) in [5.74, 6) is 1.11. The second kappa shape index (κ2) is 8.59. The molecule has 0 heterocycles. The molecule has 0 aliphatic rings. The minimum atomic E-state index is 0. The zero-order valence-corrected chi connectivity index (χ0v) is 11.7. The summed E-state index contributed by atoms with van der Waals surface area (Å²) in [6, 6.07) is 14.7. The Hall–Kier alpha value is 0.293. The van der Waals surface area contributed by atoms with Gasteiger partial charge in [0.25, 0.3) is 0 Å². The van der Waals surface area contributed by atoms with E-state index in [1.165, 1.54) is 10.8 Å². The third-order valence-corrected chi connectivity index (χ3v) is 2.19. The molecule has 0 aliphatic heterocycles. The maximum atomic E-state index is 5.05. The van der Waals surface area contributed by atoms with Crippen molar-refractivity contribution in [3.63, 3.8) is 0 Å². The van der Waals surface area contributed by atoms with E-state index in [0.29, 0.717) is 11.8 Å². The molecule has 74 valence electrons. The third-order valence-electron chi connectivity index (χ3n) is 1.62. The molecule has 14 heavy (non-hydrogen) atoms. The first kappa shape index (κ1) is 14.3. The molecule has 0 fully saturated rings. The molecule has 0 nitrogen and oxygen atoms in total. The van der Waals surface area contributed by atoms with E-state index in [1.54, 1.807) is 0 Å². The Kier molecular flexibility index (Phi) is 8.77. The standard InChI is InChI=1S/C9H7.C2H4Cl2.Zr/c1-2-5-9-7-3-6-8(9)4-1;3-1-2-4;/h1-7H;1-2H2;/q-1;;. The zero-order valence-electron chi connectivity index (χ0n) is 7.71. The van der Waals surface area contributed by atoms with Crippen LogP contribution in [0.1, 0.15) is 0 Å². The Balaban J connectivity index is 0.000000299. The molecule has 0 saturated heterocycles. The monoisotopic (exact) mass is 303 g/mol. The van der Waals surface area contributed by atoms with Crippen LogP contribution in [0.25, 0.3) is 10.8 Å².